The Bertz CT molecular complexity index is 738. The van der Waals surface area contributed by atoms with Gasteiger partial charge in [0.05, 0.1) is 19.6 Å². The number of benzene rings is 1. The molecule has 0 saturated carbocycles. The molecule has 0 aliphatic carbocycles. The number of aromatic nitrogens is 2. The lowest BCUT2D eigenvalue weighted by Gasteiger charge is -2.14. The van der Waals surface area contributed by atoms with E-state index in [9.17, 15) is 18.4 Å². The van der Waals surface area contributed by atoms with Crippen molar-refractivity contribution in [1.82, 2.24) is 15.1 Å². The van der Waals surface area contributed by atoms with Gasteiger partial charge in [0, 0.05) is 6.07 Å². The molecule has 130 valence electrons. The van der Waals surface area contributed by atoms with E-state index in [2.05, 4.69) is 10.4 Å². The monoisotopic (exact) mass is 358 g/mol. The number of alkyl halides is 2. The normalized spacial score (nSPS) is 10.8. The number of halogens is 3. The standard InChI is InChI=1S/C15H16F2N4O2.ClH/c16-15(17,9-18)10-19-14(23)12-6-7-13(22)21(20-12)8-11-4-2-1-3-5-11;/h1-7H,8-10,18H2,(H,19,23);1H. The molecule has 0 radical (unpaired) electrons. The minimum atomic E-state index is -3.19. The number of nitrogens with zero attached hydrogens (tertiary/aromatic N) is 2. The maximum absolute atomic E-state index is 13.0. The van der Waals surface area contributed by atoms with Gasteiger partial charge in [-0.05, 0) is 11.6 Å². The van der Waals surface area contributed by atoms with Gasteiger partial charge < -0.3 is 11.1 Å². The molecule has 2 rings (SSSR count). The van der Waals surface area contributed by atoms with E-state index in [1.54, 1.807) is 0 Å². The highest BCUT2D eigenvalue weighted by Gasteiger charge is 2.27. The van der Waals surface area contributed by atoms with Crippen molar-refractivity contribution in [2.24, 2.45) is 5.73 Å². The summed E-state index contributed by atoms with van der Waals surface area (Å²) in [5.41, 5.74) is 5.22. The maximum Gasteiger partial charge on any atom is 0.277 e. The zero-order valence-electron chi connectivity index (χ0n) is 12.6. The Labute approximate surface area is 143 Å². The fourth-order valence-electron chi connectivity index (χ4n) is 1.81. The van der Waals surface area contributed by atoms with Crippen molar-refractivity contribution >= 4 is 18.3 Å². The van der Waals surface area contributed by atoms with Crippen LogP contribution in [0.1, 0.15) is 16.1 Å². The van der Waals surface area contributed by atoms with E-state index in [0.717, 1.165) is 10.2 Å². The molecule has 1 aromatic carbocycles. The first-order valence-electron chi connectivity index (χ1n) is 6.89. The van der Waals surface area contributed by atoms with E-state index >= 15 is 0 Å². The smallest absolute Gasteiger partial charge is 0.277 e. The van der Waals surface area contributed by atoms with Crippen molar-refractivity contribution in [2.45, 2.75) is 12.5 Å². The summed E-state index contributed by atoms with van der Waals surface area (Å²) >= 11 is 0. The lowest BCUT2D eigenvalue weighted by molar-refractivity contribution is 0.0118. The highest BCUT2D eigenvalue weighted by atomic mass is 35.5. The molecular formula is C15H17ClF2N4O2. The predicted molar refractivity (Wildman–Crippen MR) is 87.6 cm³/mol. The fraction of sp³-hybridized carbons (Fsp3) is 0.267. The molecule has 0 aliphatic rings. The van der Waals surface area contributed by atoms with Crippen LogP contribution in [0.4, 0.5) is 8.78 Å². The number of nitrogens with two attached hydrogens (primary N) is 1. The van der Waals surface area contributed by atoms with Gasteiger partial charge in [-0.3, -0.25) is 9.59 Å². The third-order valence-corrected chi connectivity index (χ3v) is 3.08. The van der Waals surface area contributed by atoms with Crippen LogP contribution in [0.3, 0.4) is 0 Å². The Balaban J connectivity index is 0.00000288. The number of carbonyl (C=O) groups is 1. The van der Waals surface area contributed by atoms with Crippen molar-refractivity contribution in [3.8, 4) is 0 Å². The Morgan fingerprint density at radius 2 is 1.88 bits per heavy atom. The molecule has 24 heavy (non-hydrogen) atoms. The summed E-state index contributed by atoms with van der Waals surface area (Å²) in [5, 5.41) is 5.96. The third kappa shape index (κ3) is 5.39. The summed E-state index contributed by atoms with van der Waals surface area (Å²) in [6, 6.07) is 11.4. The van der Waals surface area contributed by atoms with Crippen LogP contribution in [-0.2, 0) is 6.54 Å². The number of hydrogen-bond acceptors (Lipinski definition) is 4. The van der Waals surface area contributed by atoms with E-state index in [4.69, 9.17) is 5.73 Å². The van der Waals surface area contributed by atoms with Crippen molar-refractivity contribution in [2.75, 3.05) is 13.1 Å². The summed E-state index contributed by atoms with van der Waals surface area (Å²) in [6.07, 6.45) is 0. The molecule has 0 aliphatic heterocycles. The van der Waals surface area contributed by atoms with Crippen molar-refractivity contribution in [3.05, 3.63) is 64.1 Å². The number of rotatable bonds is 6. The Morgan fingerprint density at radius 3 is 2.50 bits per heavy atom. The number of amides is 1. The molecule has 0 unspecified atom stereocenters. The van der Waals surface area contributed by atoms with Crippen LogP contribution in [0.5, 0.6) is 0 Å². The van der Waals surface area contributed by atoms with Gasteiger partial charge in [-0.1, -0.05) is 30.3 Å². The van der Waals surface area contributed by atoms with Gasteiger partial charge in [0.25, 0.3) is 17.4 Å². The Morgan fingerprint density at radius 1 is 1.21 bits per heavy atom. The molecule has 0 bridgehead atoms. The summed E-state index contributed by atoms with van der Waals surface area (Å²) in [7, 11) is 0. The largest absolute Gasteiger partial charge is 0.345 e. The van der Waals surface area contributed by atoms with Crippen LogP contribution in [0.15, 0.2) is 47.3 Å². The van der Waals surface area contributed by atoms with E-state index in [1.165, 1.54) is 12.1 Å². The summed E-state index contributed by atoms with van der Waals surface area (Å²) in [6.45, 7) is -1.57. The zero-order valence-corrected chi connectivity index (χ0v) is 13.4. The number of hydrogen-bond donors (Lipinski definition) is 2. The minimum absolute atomic E-state index is 0. The summed E-state index contributed by atoms with van der Waals surface area (Å²) in [5.74, 6) is -3.98. The van der Waals surface area contributed by atoms with Crippen molar-refractivity contribution < 1.29 is 13.6 Å². The van der Waals surface area contributed by atoms with Gasteiger partial charge >= 0.3 is 0 Å². The lowest BCUT2D eigenvalue weighted by Crippen LogP contribution is -2.42. The van der Waals surface area contributed by atoms with E-state index in [0.29, 0.717) is 0 Å². The van der Waals surface area contributed by atoms with Gasteiger partial charge in [-0.2, -0.15) is 5.10 Å². The summed E-state index contributed by atoms with van der Waals surface area (Å²) in [4.78, 5) is 23.7. The fourth-order valence-corrected chi connectivity index (χ4v) is 1.81. The first-order chi connectivity index (χ1) is 10.9. The molecule has 9 heteroatoms. The van der Waals surface area contributed by atoms with Gasteiger partial charge in [0.2, 0.25) is 0 Å². The average molecular weight is 359 g/mol. The first kappa shape index (κ1) is 19.7. The summed E-state index contributed by atoms with van der Waals surface area (Å²) < 4.78 is 27.2. The van der Waals surface area contributed by atoms with E-state index in [-0.39, 0.29) is 24.6 Å². The molecule has 2 aromatic rings. The van der Waals surface area contributed by atoms with Gasteiger partial charge in [-0.15, -0.1) is 12.4 Å². The van der Waals surface area contributed by atoms with Gasteiger partial charge in [0.1, 0.15) is 5.69 Å². The molecule has 0 saturated heterocycles. The SMILES string of the molecule is Cl.NCC(F)(F)CNC(=O)c1ccc(=O)n(Cc2ccccc2)n1. The van der Waals surface area contributed by atoms with Gasteiger partial charge in [-0.25, -0.2) is 13.5 Å². The van der Waals surface area contributed by atoms with Crippen molar-refractivity contribution in [1.29, 1.82) is 0 Å². The van der Waals surface area contributed by atoms with Gasteiger partial charge in [0.15, 0.2) is 0 Å². The molecule has 0 atom stereocenters. The van der Waals surface area contributed by atoms with Crippen LogP contribution < -0.4 is 16.6 Å². The molecule has 3 N–H and O–H groups in total. The highest BCUT2D eigenvalue weighted by molar-refractivity contribution is 5.92. The quantitative estimate of drug-likeness (QED) is 0.807. The number of carbonyl (C=O) groups excluding carboxylic acids is 1. The van der Waals surface area contributed by atoms with Crippen LogP contribution in [0, 0.1) is 0 Å². The van der Waals surface area contributed by atoms with Crippen molar-refractivity contribution in [3.63, 3.8) is 0 Å². The van der Waals surface area contributed by atoms with Crippen LogP contribution in [0.2, 0.25) is 0 Å². The second kappa shape index (κ2) is 8.51. The third-order valence-electron chi connectivity index (χ3n) is 3.08. The molecule has 0 fully saturated rings. The zero-order chi connectivity index (χ0) is 16.9. The molecule has 1 aromatic heterocycles. The predicted octanol–water partition coefficient (Wildman–Crippen LogP) is 1.04. The Hall–Kier alpha value is -2.32. The van der Waals surface area contributed by atoms with Crippen LogP contribution in [-0.4, -0.2) is 34.7 Å². The second-order valence-electron chi connectivity index (χ2n) is 4.94. The molecule has 1 heterocycles. The molecule has 6 nitrogen and oxygen atoms in total. The highest BCUT2D eigenvalue weighted by Crippen LogP contribution is 2.09. The van der Waals surface area contributed by atoms with Crippen LogP contribution in [0.25, 0.3) is 0 Å². The Kier molecular flexibility index (Phi) is 6.99. The minimum Gasteiger partial charge on any atom is -0.345 e. The van der Waals surface area contributed by atoms with E-state index < -0.39 is 30.5 Å². The molecule has 0 spiro atoms. The topological polar surface area (TPSA) is 90.0 Å². The second-order valence-corrected chi connectivity index (χ2v) is 4.94. The lowest BCUT2D eigenvalue weighted by atomic mass is 10.2. The number of nitrogens with one attached hydrogen (secondary N) is 1. The first-order valence-corrected chi connectivity index (χ1v) is 6.89. The molecular weight excluding hydrogens is 342 g/mol. The average Bonchev–Trinajstić information content (AvgIpc) is 2.56. The van der Waals surface area contributed by atoms with E-state index in [1.807, 2.05) is 30.3 Å². The molecule has 1 amide bonds. The van der Waals surface area contributed by atoms with Crippen LogP contribution >= 0.6 is 12.4 Å². The maximum atomic E-state index is 13.0.